The van der Waals surface area contributed by atoms with Crippen molar-refractivity contribution in [2.45, 2.75) is 0 Å². The highest BCUT2D eigenvalue weighted by Crippen LogP contribution is 2.25. The van der Waals surface area contributed by atoms with Crippen molar-refractivity contribution in [3.8, 4) is 0 Å². The summed E-state index contributed by atoms with van der Waals surface area (Å²) in [5.74, 6) is -1.51. The molecule has 20 heavy (non-hydrogen) atoms. The van der Waals surface area contributed by atoms with Gasteiger partial charge in [0.05, 0.1) is 10.0 Å². The smallest absolute Gasteiger partial charge is 0.235 e. The third-order valence-electron chi connectivity index (χ3n) is 2.56. The van der Waals surface area contributed by atoms with Crippen molar-refractivity contribution in [1.29, 1.82) is 0 Å². The van der Waals surface area contributed by atoms with Gasteiger partial charge in [-0.25, -0.2) is 0 Å². The Morgan fingerprint density at radius 3 is 1.30 bits per heavy atom. The van der Waals surface area contributed by atoms with E-state index in [4.69, 9.17) is 46.4 Å². The Morgan fingerprint density at radius 2 is 1.00 bits per heavy atom. The molecule has 0 amide bonds. The van der Waals surface area contributed by atoms with Gasteiger partial charge >= 0.3 is 0 Å². The largest absolute Gasteiger partial charge is 0.285 e. The first-order valence-corrected chi connectivity index (χ1v) is 6.90. The number of carbonyl (C=O) groups is 2. The van der Waals surface area contributed by atoms with E-state index in [0.29, 0.717) is 10.0 Å². The van der Waals surface area contributed by atoms with Gasteiger partial charge in [0.15, 0.2) is 0 Å². The zero-order chi connectivity index (χ0) is 14.9. The molecule has 0 heterocycles. The van der Waals surface area contributed by atoms with Crippen LogP contribution in [0.15, 0.2) is 36.4 Å². The van der Waals surface area contributed by atoms with Crippen LogP contribution in [0.25, 0.3) is 0 Å². The quantitative estimate of drug-likeness (QED) is 0.552. The molecule has 0 aliphatic rings. The highest BCUT2D eigenvalue weighted by molar-refractivity contribution is 6.54. The molecule has 2 aromatic carbocycles. The van der Waals surface area contributed by atoms with Gasteiger partial charge < -0.3 is 0 Å². The standard InChI is InChI=1S/C14H6Cl4O2/c15-7-1-3-9(11(17)5-7)13(19)14(20)10-4-2-8(16)6-12(10)18/h1-6H. The van der Waals surface area contributed by atoms with Gasteiger partial charge in [-0.3, -0.25) is 9.59 Å². The summed E-state index contributed by atoms with van der Waals surface area (Å²) in [5.41, 5.74) is 0.152. The molecule has 6 heteroatoms. The van der Waals surface area contributed by atoms with E-state index in [-0.39, 0.29) is 21.2 Å². The molecule has 0 aromatic heterocycles. The van der Waals surface area contributed by atoms with Crippen LogP contribution in [0.4, 0.5) is 0 Å². The second kappa shape index (κ2) is 6.15. The normalized spacial score (nSPS) is 10.4. The number of benzene rings is 2. The number of ketones is 2. The van der Waals surface area contributed by atoms with Crippen molar-refractivity contribution >= 4 is 58.0 Å². The first-order chi connectivity index (χ1) is 9.40. The molecule has 0 saturated heterocycles. The number of hydrogen-bond donors (Lipinski definition) is 0. The van der Waals surface area contributed by atoms with Gasteiger partial charge in [-0.15, -0.1) is 0 Å². The number of rotatable bonds is 3. The fourth-order valence-electron chi connectivity index (χ4n) is 1.59. The molecule has 0 radical (unpaired) electrons. The monoisotopic (exact) mass is 346 g/mol. The van der Waals surface area contributed by atoms with Crippen molar-refractivity contribution < 1.29 is 9.59 Å². The average Bonchev–Trinajstić information content (AvgIpc) is 2.37. The van der Waals surface area contributed by atoms with Gasteiger partial charge in [0, 0.05) is 21.2 Å². The van der Waals surface area contributed by atoms with Crippen molar-refractivity contribution in [3.63, 3.8) is 0 Å². The van der Waals surface area contributed by atoms with E-state index in [2.05, 4.69) is 0 Å². The summed E-state index contributed by atoms with van der Waals surface area (Å²) in [5, 5.41) is 0.980. The summed E-state index contributed by atoms with van der Waals surface area (Å²) in [7, 11) is 0. The minimum atomic E-state index is -0.754. The minimum absolute atomic E-state index is 0.0760. The van der Waals surface area contributed by atoms with Crippen LogP contribution in [0.1, 0.15) is 20.7 Å². The van der Waals surface area contributed by atoms with Crippen LogP contribution in [0.2, 0.25) is 20.1 Å². The van der Waals surface area contributed by atoms with E-state index in [0.717, 1.165) is 0 Å². The molecule has 2 nitrogen and oxygen atoms in total. The van der Waals surface area contributed by atoms with Crippen LogP contribution in [0, 0.1) is 0 Å². The lowest BCUT2D eigenvalue weighted by molar-refractivity contribution is 0.0817. The third-order valence-corrected chi connectivity index (χ3v) is 3.65. The van der Waals surface area contributed by atoms with E-state index < -0.39 is 11.6 Å². The summed E-state index contributed by atoms with van der Waals surface area (Å²) in [6.07, 6.45) is 0. The second-order valence-corrected chi connectivity index (χ2v) is 5.59. The molecule has 0 spiro atoms. The van der Waals surface area contributed by atoms with E-state index in [1.807, 2.05) is 0 Å². The molecule has 0 fully saturated rings. The average molecular weight is 348 g/mol. The first-order valence-electron chi connectivity index (χ1n) is 5.39. The Balaban J connectivity index is 2.40. The molecule has 0 atom stereocenters. The van der Waals surface area contributed by atoms with Crippen LogP contribution in [0.3, 0.4) is 0 Å². The number of Topliss-reactive ketones (excluding diaryl/α,β-unsaturated/α-hetero) is 2. The summed E-state index contributed by atoms with van der Waals surface area (Å²) >= 11 is 23.3. The summed E-state index contributed by atoms with van der Waals surface area (Å²) < 4.78 is 0. The van der Waals surface area contributed by atoms with E-state index in [1.165, 1.54) is 36.4 Å². The summed E-state index contributed by atoms with van der Waals surface area (Å²) in [6.45, 7) is 0. The lowest BCUT2D eigenvalue weighted by atomic mass is 10.0. The molecule has 0 unspecified atom stereocenters. The predicted octanol–water partition coefficient (Wildman–Crippen LogP) is 5.37. The van der Waals surface area contributed by atoms with Crippen molar-refractivity contribution in [2.24, 2.45) is 0 Å². The Hall–Kier alpha value is -1.06. The zero-order valence-corrected chi connectivity index (χ0v) is 12.8. The minimum Gasteiger partial charge on any atom is -0.285 e. The topological polar surface area (TPSA) is 34.1 Å². The lowest BCUT2D eigenvalue weighted by Crippen LogP contribution is -2.15. The number of hydrogen-bond acceptors (Lipinski definition) is 2. The van der Waals surface area contributed by atoms with Gasteiger partial charge in [0.1, 0.15) is 0 Å². The van der Waals surface area contributed by atoms with Crippen molar-refractivity contribution in [3.05, 3.63) is 67.6 Å². The third kappa shape index (κ3) is 3.15. The highest BCUT2D eigenvalue weighted by atomic mass is 35.5. The Labute approximate surface area is 135 Å². The summed E-state index contributed by atoms with van der Waals surface area (Å²) in [4.78, 5) is 24.3. The fourth-order valence-corrected chi connectivity index (χ4v) is 2.58. The molecule has 2 rings (SSSR count). The maximum absolute atomic E-state index is 12.1. The highest BCUT2D eigenvalue weighted by Gasteiger charge is 2.22. The van der Waals surface area contributed by atoms with E-state index in [9.17, 15) is 9.59 Å². The molecule has 0 N–H and O–H groups in total. The Bertz CT molecular complexity index is 649. The number of halogens is 4. The Morgan fingerprint density at radius 1 is 0.650 bits per heavy atom. The molecule has 2 aromatic rings. The maximum atomic E-state index is 12.1. The Kier molecular flexibility index (Phi) is 4.71. The van der Waals surface area contributed by atoms with Crippen LogP contribution in [-0.4, -0.2) is 11.6 Å². The van der Waals surface area contributed by atoms with Gasteiger partial charge in [0.25, 0.3) is 0 Å². The maximum Gasteiger partial charge on any atom is 0.235 e. The van der Waals surface area contributed by atoms with Crippen LogP contribution in [-0.2, 0) is 0 Å². The predicted molar refractivity (Wildman–Crippen MR) is 81.6 cm³/mol. The molecule has 0 aliphatic heterocycles. The van der Waals surface area contributed by atoms with Crippen molar-refractivity contribution in [1.82, 2.24) is 0 Å². The van der Waals surface area contributed by atoms with Gasteiger partial charge in [-0.2, -0.15) is 0 Å². The van der Waals surface area contributed by atoms with Crippen LogP contribution >= 0.6 is 46.4 Å². The SMILES string of the molecule is O=C(C(=O)c1ccc(Cl)cc1Cl)c1ccc(Cl)cc1Cl. The molecule has 0 aliphatic carbocycles. The van der Waals surface area contributed by atoms with E-state index >= 15 is 0 Å². The van der Waals surface area contributed by atoms with Crippen LogP contribution < -0.4 is 0 Å². The second-order valence-electron chi connectivity index (χ2n) is 3.91. The molecule has 102 valence electrons. The molecule has 0 saturated carbocycles. The molecular formula is C14H6Cl4O2. The summed E-state index contributed by atoms with van der Waals surface area (Å²) in [6, 6.07) is 8.55. The molecular weight excluding hydrogens is 342 g/mol. The molecule has 0 bridgehead atoms. The first kappa shape index (κ1) is 15.3. The van der Waals surface area contributed by atoms with E-state index in [1.54, 1.807) is 0 Å². The van der Waals surface area contributed by atoms with Gasteiger partial charge in [-0.05, 0) is 36.4 Å². The lowest BCUT2D eigenvalue weighted by Gasteiger charge is -2.05. The van der Waals surface area contributed by atoms with Crippen molar-refractivity contribution in [2.75, 3.05) is 0 Å². The number of carbonyl (C=O) groups excluding carboxylic acids is 2. The van der Waals surface area contributed by atoms with Gasteiger partial charge in [0.2, 0.25) is 11.6 Å². The van der Waals surface area contributed by atoms with Gasteiger partial charge in [-0.1, -0.05) is 46.4 Å². The van der Waals surface area contributed by atoms with Crippen LogP contribution in [0.5, 0.6) is 0 Å². The zero-order valence-electron chi connectivity index (χ0n) is 9.79. The fraction of sp³-hybridized carbons (Fsp3) is 0.